The molecule has 0 aromatic heterocycles. The number of aliphatic carboxylic acids is 1. The van der Waals surface area contributed by atoms with Crippen molar-refractivity contribution in [1.82, 2.24) is 0 Å². The van der Waals surface area contributed by atoms with Crippen molar-refractivity contribution in [1.29, 1.82) is 0 Å². The van der Waals surface area contributed by atoms with Gasteiger partial charge in [-0.25, -0.2) is 4.79 Å². The highest BCUT2D eigenvalue weighted by atomic mass is 16.7. The van der Waals surface area contributed by atoms with Gasteiger partial charge < -0.3 is 39.4 Å². The third-order valence-electron chi connectivity index (χ3n) is 12.8. The van der Waals surface area contributed by atoms with E-state index in [1.165, 1.54) is 167 Å². The predicted molar refractivity (Wildman–Crippen MR) is 266 cm³/mol. The number of hydrogen-bond acceptors (Lipinski definition) is 10. The number of allylic oxidation sites excluding steroid dienone is 4. The van der Waals surface area contributed by atoms with Crippen LogP contribution in [0.25, 0.3) is 0 Å². The third kappa shape index (κ3) is 35.8. The van der Waals surface area contributed by atoms with Gasteiger partial charge in [-0.3, -0.25) is 9.59 Å². The molecule has 0 aliphatic carbocycles. The van der Waals surface area contributed by atoms with Gasteiger partial charge in [-0.15, -0.1) is 0 Å². The summed E-state index contributed by atoms with van der Waals surface area (Å²) in [6.45, 7) is 3.85. The maximum absolute atomic E-state index is 12.9. The smallest absolute Gasteiger partial charge is 0.335 e. The highest BCUT2D eigenvalue weighted by Crippen LogP contribution is 2.23. The van der Waals surface area contributed by atoms with Gasteiger partial charge in [0, 0.05) is 12.8 Å². The second-order valence-corrected chi connectivity index (χ2v) is 19.1. The van der Waals surface area contributed by atoms with Crippen LogP contribution in [0, 0.1) is 0 Å². The third-order valence-corrected chi connectivity index (χ3v) is 12.8. The highest BCUT2D eigenvalue weighted by Gasteiger charge is 2.47. The summed E-state index contributed by atoms with van der Waals surface area (Å²) in [7, 11) is 0. The zero-order valence-corrected chi connectivity index (χ0v) is 42.2. The number of carboxylic acids is 1. The molecule has 1 aliphatic rings. The minimum Gasteiger partial charge on any atom is -0.479 e. The molecule has 6 atom stereocenters. The Kier molecular flexibility index (Phi) is 42.2. The van der Waals surface area contributed by atoms with Crippen LogP contribution >= 0.6 is 0 Å². The van der Waals surface area contributed by atoms with Crippen molar-refractivity contribution < 1.29 is 53.8 Å². The lowest BCUT2D eigenvalue weighted by Gasteiger charge is -2.38. The molecule has 386 valence electrons. The zero-order chi connectivity index (χ0) is 48.1. The molecule has 0 bridgehead atoms. The highest BCUT2D eigenvalue weighted by molar-refractivity contribution is 5.73. The molecule has 66 heavy (non-hydrogen) atoms. The molecule has 4 N–H and O–H groups in total. The van der Waals surface area contributed by atoms with Gasteiger partial charge >= 0.3 is 17.9 Å². The lowest BCUT2D eigenvalue weighted by Crippen LogP contribution is -2.60. The number of unbranched alkanes of at least 4 members (excludes halogenated alkanes) is 32. The lowest BCUT2D eigenvalue weighted by atomic mass is 9.99. The number of aliphatic hydroxyl groups excluding tert-OH is 3. The van der Waals surface area contributed by atoms with E-state index in [2.05, 4.69) is 38.2 Å². The van der Waals surface area contributed by atoms with E-state index in [1.54, 1.807) is 0 Å². The standard InChI is InChI=1S/C55H100O11/c1-3-5-7-9-11-13-15-17-19-21-23-24-26-27-29-31-33-35-37-39-41-43-48(56)63-45-47(46-64-55-52(60)50(58)51(59)53(66-55)54(61)62)65-49(57)44-42-40-38-36-34-32-30-28-25-22-20-18-16-14-12-10-8-6-4-2/h15,17,21,23,47,50-53,55,58-60H,3-14,16,18-20,22,24-46H2,1-2H3,(H,61,62)/b17-15-,23-21-. The summed E-state index contributed by atoms with van der Waals surface area (Å²) in [4.78, 5) is 37.0. The molecule has 1 heterocycles. The van der Waals surface area contributed by atoms with Crippen molar-refractivity contribution in [3.63, 3.8) is 0 Å². The molecule has 1 rings (SSSR count). The van der Waals surface area contributed by atoms with Crippen molar-refractivity contribution in [2.45, 2.75) is 295 Å². The minimum absolute atomic E-state index is 0.187. The van der Waals surface area contributed by atoms with Crippen LogP contribution in [0.2, 0.25) is 0 Å². The molecule has 0 amide bonds. The van der Waals surface area contributed by atoms with E-state index in [-0.39, 0.29) is 26.1 Å². The molecule has 6 unspecified atom stereocenters. The molecular formula is C55H100O11. The molecule has 0 spiro atoms. The van der Waals surface area contributed by atoms with Gasteiger partial charge in [-0.05, 0) is 44.9 Å². The Hall–Kier alpha value is -2.31. The quantitative estimate of drug-likeness (QED) is 0.0260. The van der Waals surface area contributed by atoms with Crippen molar-refractivity contribution in [3.8, 4) is 0 Å². The molecule has 0 aromatic rings. The number of carboxylic acid groups (broad SMARTS) is 1. The first-order valence-corrected chi connectivity index (χ1v) is 27.4. The summed E-state index contributed by atoms with van der Waals surface area (Å²) < 4.78 is 21.9. The fourth-order valence-electron chi connectivity index (χ4n) is 8.50. The second kappa shape index (κ2) is 45.2. The molecule has 11 heteroatoms. The van der Waals surface area contributed by atoms with Crippen molar-refractivity contribution in [2.75, 3.05) is 13.2 Å². The van der Waals surface area contributed by atoms with Crippen molar-refractivity contribution in [3.05, 3.63) is 24.3 Å². The van der Waals surface area contributed by atoms with E-state index in [0.29, 0.717) is 12.8 Å². The van der Waals surface area contributed by atoms with Crippen LogP contribution in [-0.2, 0) is 33.3 Å². The molecule has 0 radical (unpaired) electrons. The van der Waals surface area contributed by atoms with E-state index in [1.807, 2.05) is 0 Å². The summed E-state index contributed by atoms with van der Waals surface area (Å²) in [6.07, 6.45) is 43.7. The van der Waals surface area contributed by atoms with E-state index in [0.717, 1.165) is 51.4 Å². The Morgan fingerprint density at radius 1 is 0.470 bits per heavy atom. The van der Waals surface area contributed by atoms with E-state index < -0.39 is 54.7 Å². The molecule has 1 fully saturated rings. The van der Waals surface area contributed by atoms with Crippen LogP contribution in [0.3, 0.4) is 0 Å². The number of ether oxygens (including phenoxy) is 4. The number of carbonyl (C=O) groups is 3. The van der Waals surface area contributed by atoms with Gasteiger partial charge in [0.15, 0.2) is 18.5 Å². The summed E-state index contributed by atoms with van der Waals surface area (Å²) >= 11 is 0. The molecule has 0 saturated carbocycles. The number of hydrogen-bond donors (Lipinski definition) is 4. The molecule has 11 nitrogen and oxygen atoms in total. The first-order chi connectivity index (χ1) is 32.2. The number of carbonyl (C=O) groups excluding carboxylic acids is 2. The predicted octanol–water partition coefficient (Wildman–Crippen LogP) is 13.3. The van der Waals surface area contributed by atoms with E-state index in [9.17, 15) is 34.8 Å². The molecule has 1 saturated heterocycles. The first-order valence-electron chi connectivity index (χ1n) is 27.4. The Bertz CT molecular complexity index is 1190. The minimum atomic E-state index is -1.86. The SMILES string of the molecule is CCCCCCC/C=C\C/C=C\CCCCCCCCCCCC(=O)OCC(COC1OC(C(=O)O)C(O)C(O)C1O)OC(=O)CCCCCCCCCCCCCCCCCCCCC. The zero-order valence-electron chi connectivity index (χ0n) is 42.2. The van der Waals surface area contributed by atoms with Gasteiger partial charge in [-0.1, -0.05) is 224 Å². The Labute approximate surface area is 402 Å². The van der Waals surface area contributed by atoms with Crippen LogP contribution < -0.4 is 0 Å². The maximum Gasteiger partial charge on any atom is 0.335 e. The maximum atomic E-state index is 12.9. The number of aliphatic hydroxyl groups is 3. The van der Waals surface area contributed by atoms with E-state index in [4.69, 9.17) is 18.9 Å². The summed E-state index contributed by atoms with van der Waals surface area (Å²) in [6, 6.07) is 0. The van der Waals surface area contributed by atoms with Crippen LogP contribution in [0.4, 0.5) is 0 Å². The molecule has 0 aromatic carbocycles. The van der Waals surface area contributed by atoms with Crippen LogP contribution in [-0.4, -0.2) is 88.4 Å². The van der Waals surface area contributed by atoms with Gasteiger partial charge in [0.05, 0.1) is 6.61 Å². The van der Waals surface area contributed by atoms with Crippen LogP contribution in [0.1, 0.15) is 258 Å². The molecular weight excluding hydrogens is 837 g/mol. The van der Waals surface area contributed by atoms with Crippen molar-refractivity contribution in [2.24, 2.45) is 0 Å². The molecule has 1 aliphatic heterocycles. The Morgan fingerprint density at radius 3 is 1.26 bits per heavy atom. The largest absolute Gasteiger partial charge is 0.479 e. The summed E-state index contributed by atoms with van der Waals surface area (Å²) in [5, 5.41) is 40.0. The van der Waals surface area contributed by atoms with Crippen LogP contribution in [0.15, 0.2) is 24.3 Å². The average molecular weight is 937 g/mol. The van der Waals surface area contributed by atoms with E-state index >= 15 is 0 Å². The van der Waals surface area contributed by atoms with Gasteiger partial charge in [-0.2, -0.15) is 0 Å². The van der Waals surface area contributed by atoms with Gasteiger partial charge in [0.25, 0.3) is 0 Å². The lowest BCUT2D eigenvalue weighted by molar-refractivity contribution is -0.298. The monoisotopic (exact) mass is 937 g/mol. The first kappa shape index (κ1) is 61.7. The summed E-state index contributed by atoms with van der Waals surface area (Å²) in [5.74, 6) is -2.43. The normalized spacial score (nSPS) is 19.2. The van der Waals surface area contributed by atoms with Gasteiger partial charge in [0.2, 0.25) is 0 Å². The Balaban J connectivity index is 2.26. The van der Waals surface area contributed by atoms with Gasteiger partial charge in [0.1, 0.15) is 24.9 Å². The number of rotatable bonds is 47. The second-order valence-electron chi connectivity index (χ2n) is 19.1. The topological polar surface area (TPSA) is 169 Å². The summed E-state index contributed by atoms with van der Waals surface area (Å²) in [5.41, 5.74) is 0. The average Bonchev–Trinajstić information content (AvgIpc) is 3.30. The number of esters is 2. The Morgan fingerprint density at radius 2 is 0.848 bits per heavy atom. The van der Waals surface area contributed by atoms with Crippen LogP contribution in [0.5, 0.6) is 0 Å². The fraction of sp³-hybridized carbons (Fsp3) is 0.873. The fourth-order valence-corrected chi connectivity index (χ4v) is 8.50. The van der Waals surface area contributed by atoms with Crippen molar-refractivity contribution >= 4 is 17.9 Å².